The number of benzene rings is 2. The van der Waals surface area contributed by atoms with Crippen molar-refractivity contribution >= 4 is 23.3 Å². The number of anilines is 2. The second kappa shape index (κ2) is 9.78. The van der Waals surface area contributed by atoms with Gasteiger partial charge in [0.05, 0.1) is 0 Å². The van der Waals surface area contributed by atoms with Crippen molar-refractivity contribution in [1.29, 1.82) is 0 Å². The molecule has 0 radical (unpaired) electrons. The molecule has 2 rings (SSSR count). The van der Waals surface area contributed by atoms with Gasteiger partial charge < -0.3 is 15.0 Å². The van der Waals surface area contributed by atoms with Gasteiger partial charge in [-0.15, -0.1) is 0 Å². The van der Waals surface area contributed by atoms with Gasteiger partial charge >= 0.3 is 6.03 Å². The summed E-state index contributed by atoms with van der Waals surface area (Å²) in [5.41, 5.74) is 1.59. The highest BCUT2D eigenvalue weighted by Gasteiger charge is 2.19. The van der Waals surface area contributed by atoms with Crippen LogP contribution in [0.25, 0.3) is 0 Å². The van der Waals surface area contributed by atoms with Gasteiger partial charge in [0.1, 0.15) is 5.75 Å². The zero-order chi connectivity index (χ0) is 20.7. The largest absolute Gasteiger partial charge is 0.484 e. The molecule has 150 valence electrons. The van der Waals surface area contributed by atoms with Crippen LogP contribution in [0.3, 0.4) is 0 Å². The summed E-state index contributed by atoms with van der Waals surface area (Å²) in [5.74, 6) is 0.463. The predicted octanol–water partition coefficient (Wildman–Crippen LogP) is 4.06. The summed E-state index contributed by atoms with van der Waals surface area (Å²) in [7, 11) is 1.71. The molecule has 28 heavy (non-hydrogen) atoms. The van der Waals surface area contributed by atoms with E-state index in [1.54, 1.807) is 36.2 Å². The molecule has 0 fully saturated rings. The number of rotatable bonds is 7. The molecule has 0 saturated heterocycles. The van der Waals surface area contributed by atoms with Gasteiger partial charge in [0.2, 0.25) is 0 Å². The number of carbonyl (C=O) groups excluding carboxylic acids is 2. The second-order valence-electron chi connectivity index (χ2n) is 7.14. The highest BCUT2D eigenvalue weighted by Crippen LogP contribution is 2.20. The number of ether oxygens (including phenoxy) is 1. The fraction of sp³-hybridized carbons (Fsp3) is 0.364. The Morgan fingerprint density at radius 3 is 2.07 bits per heavy atom. The third-order valence-electron chi connectivity index (χ3n) is 4.12. The van der Waals surface area contributed by atoms with Crippen LogP contribution in [0.4, 0.5) is 16.2 Å². The van der Waals surface area contributed by atoms with E-state index in [4.69, 9.17) is 4.74 Å². The second-order valence-corrected chi connectivity index (χ2v) is 7.14. The number of carbonyl (C=O) groups is 2. The highest BCUT2D eigenvalue weighted by atomic mass is 16.5. The molecule has 0 bridgehead atoms. The first-order chi connectivity index (χ1) is 13.3. The molecular formula is C22H29N3O3. The molecule has 1 N–H and O–H groups in total. The molecule has 2 aromatic carbocycles. The predicted molar refractivity (Wildman–Crippen MR) is 113 cm³/mol. The van der Waals surface area contributed by atoms with Crippen molar-refractivity contribution in [2.75, 3.05) is 23.5 Å². The lowest BCUT2D eigenvalue weighted by atomic mass is 10.2. The van der Waals surface area contributed by atoms with Crippen LogP contribution in [0.15, 0.2) is 54.6 Å². The summed E-state index contributed by atoms with van der Waals surface area (Å²) in [6.07, 6.45) is 0. The maximum Gasteiger partial charge on any atom is 0.321 e. The number of amides is 3. The molecule has 0 aliphatic heterocycles. The molecule has 0 heterocycles. The number of para-hydroxylation sites is 1. The summed E-state index contributed by atoms with van der Waals surface area (Å²) >= 11 is 0. The molecule has 0 aromatic heterocycles. The van der Waals surface area contributed by atoms with Crippen molar-refractivity contribution in [3.63, 3.8) is 0 Å². The fourth-order valence-electron chi connectivity index (χ4n) is 2.76. The van der Waals surface area contributed by atoms with Gasteiger partial charge in [0, 0.05) is 30.5 Å². The molecule has 6 nitrogen and oxygen atoms in total. The van der Waals surface area contributed by atoms with Crippen LogP contribution in [-0.2, 0) is 4.79 Å². The van der Waals surface area contributed by atoms with E-state index in [0.717, 1.165) is 11.4 Å². The Labute approximate surface area is 167 Å². The molecule has 0 aliphatic rings. The fourth-order valence-corrected chi connectivity index (χ4v) is 2.76. The lowest BCUT2D eigenvalue weighted by Gasteiger charge is -2.27. The Morgan fingerprint density at radius 1 is 0.929 bits per heavy atom. The van der Waals surface area contributed by atoms with Gasteiger partial charge in [-0.2, -0.15) is 0 Å². The molecule has 0 saturated carbocycles. The molecular weight excluding hydrogens is 354 g/mol. The number of nitrogens with one attached hydrogen (secondary N) is 1. The van der Waals surface area contributed by atoms with Gasteiger partial charge in [0.15, 0.2) is 6.61 Å². The summed E-state index contributed by atoms with van der Waals surface area (Å²) in [6.45, 7) is 7.71. The molecule has 0 aliphatic carbocycles. The van der Waals surface area contributed by atoms with Crippen LogP contribution in [0.2, 0.25) is 0 Å². The monoisotopic (exact) mass is 383 g/mol. The van der Waals surface area contributed by atoms with Gasteiger partial charge in [-0.3, -0.25) is 9.69 Å². The van der Waals surface area contributed by atoms with Crippen molar-refractivity contribution in [3.05, 3.63) is 54.6 Å². The zero-order valence-electron chi connectivity index (χ0n) is 17.2. The minimum atomic E-state index is -0.172. The molecule has 6 heteroatoms. The normalized spacial score (nSPS) is 10.7. The molecule has 2 aromatic rings. The number of urea groups is 1. The van der Waals surface area contributed by atoms with Gasteiger partial charge in [-0.1, -0.05) is 18.2 Å². The highest BCUT2D eigenvalue weighted by molar-refractivity contribution is 5.95. The van der Waals surface area contributed by atoms with E-state index < -0.39 is 0 Å². The Hall–Kier alpha value is -3.02. The minimum Gasteiger partial charge on any atom is -0.484 e. The maximum atomic E-state index is 12.7. The van der Waals surface area contributed by atoms with Crippen LogP contribution in [-0.4, -0.2) is 37.7 Å². The average Bonchev–Trinajstić information content (AvgIpc) is 2.66. The first kappa shape index (κ1) is 21.3. The maximum absolute atomic E-state index is 12.7. The standard InChI is InChI=1S/C22H29N3O3/c1-16(2)23-22(27)24(5)18-11-13-20(14-12-18)28-15-21(26)25(17(3)4)19-9-7-6-8-10-19/h6-14,16-17H,15H2,1-5H3,(H,23,27). The number of hydrogen-bond donors (Lipinski definition) is 1. The van der Waals surface area contributed by atoms with E-state index in [1.807, 2.05) is 58.0 Å². The zero-order valence-corrected chi connectivity index (χ0v) is 17.2. The van der Waals surface area contributed by atoms with Gasteiger partial charge in [-0.05, 0) is 64.1 Å². The van der Waals surface area contributed by atoms with Crippen molar-refractivity contribution in [3.8, 4) is 5.75 Å². The van der Waals surface area contributed by atoms with Crippen molar-refractivity contribution in [1.82, 2.24) is 5.32 Å². The van der Waals surface area contributed by atoms with E-state index >= 15 is 0 Å². The summed E-state index contributed by atoms with van der Waals surface area (Å²) in [5, 5.41) is 2.84. The molecule has 0 spiro atoms. The Kier molecular flexibility index (Phi) is 7.44. The lowest BCUT2D eigenvalue weighted by Crippen LogP contribution is -2.40. The third-order valence-corrected chi connectivity index (χ3v) is 4.12. The van der Waals surface area contributed by atoms with E-state index in [9.17, 15) is 9.59 Å². The summed E-state index contributed by atoms with van der Waals surface area (Å²) in [6, 6.07) is 16.5. The van der Waals surface area contributed by atoms with Crippen LogP contribution in [0.5, 0.6) is 5.75 Å². The van der Waals surface area contributed by atoms with Crippen molar-refractivity contribution in [2.24, 2.45) is 0 Å². The van der Waals surface area contributed by atoms with Gasteiger partial charge in [-0.25, -0.2) is 4.79 Å². The Morgan fingerprint density at radius 2 is 1.54 bits per heavy atom. The van der Waals surface area contributed by atoms with Crippen molar-refractivity contribution < 1.29 is 14.3 Å². The van der Waals surface area contributed by atoms with Crippen LogP contribution < -0.4 is 19.9 Å². The SMILES string of the molecule is CC(C)NC(=O)N(C)c1ccc(OCC(=O)N(c2ccccc2)C(C)C)cc1. The quantitative estimate of drug-likeness (QED) is 0.784. The number of nitrogens with zero attached hydrogens (tertiary/aromatic N) is 2. The van der Waals surface area contributed by atoms with E-state index in [-0.39, 0.29) is 30.6 Å². The smallest absolute Gasteiger partial charge is 0.321 e. The molecule has 3 amide bonds. The van der Waals surface area contributed by atoms with E-state index in [0.29, 0.717) is 5.75 Å². The Bertz CT molecular complexity index is 773. The molecule has 0 unspecified atom stereocenters. The Balaban J connectivity index is 1.98. The number of hydrogen-bond acceptors (Lipinski definition) is 3. The topological polar surface area (TPSA) is 61.9 Å². The van der Waals surface area contributed by atoms with Crippen LogP contribution in [0.1, 0.15) is 27.7 Å². The van der Waals surface area contributed by atoms with E-state index in [2.05, 4.69) is 5.32 Å². The minimum absolute atomic E-state index is 0.0222. The van der Waals surface area contributed by atoms with Crippen LogP contribution in [0, 0.1) is 0 Å². The van der Waals surface area contributed by atoms with Gasteiger partial charge in [0.25, 0.3) is 5.91 Å². The third kappa shape index (κ3) is 5.74. The average molecular weight is 383 g/mol. The van der Waals surface area contributed by atoms with E-state index in [1.165, 1.54) is 4.90 Å². The summed E-state index contributed by atoms with van der Waals surface area (Å²) in [4.78, 5) is 28.0. The molecule has 0 atom stereocenters. The van der Waals surface area contributed by atoms with Crippen molar-refractivity contribution in [2.45, 2.75) is 39.8 Å². The first-order valence-corrected chi connectivity index (χ1v) is 9.43. The lowest BCUT2D eigenvalue weighted by molar-refractivity contribution is -0.120. The summed E-state index contributed by atoms with van der Waals surface area (Å²) < 4.78 is 5.67. The first-order valence-electron chi connectivity index (χ1n) is 9.43. The van der Waals surface area contributed by atoms with Crippen LogP contribution >= 0.6 is 0 Å².